The fourth-order valence-corrected chi connectivity index (χ4v) is 2.54. The number of rotatable bonds is 8. The molecule has 0 saturated carbocycles. The summed E-state index contributed by atoms with van der Waals surface area (Å²) in [6.07, 6.45) is 0. The molecule has 0 aliphatic carbocycles. The van der Waals surface area contributed by atoms with Gasteiger partial charge in [-0.15, -0.1) is 0 Å². The highest BCUT2D eigenvalue weighted by atomic mass is 16.5. The molecular formula is C22H22N2O3. The maximum absolute atomic E-state index is 12.3. The Morgan fingerprint density at radius 3 is 2.52 bits per heavy atom. The molecule has 3 rings (SSSR count). The summed E-state index contributed by atoms with van der Waals surface area (Å²) in [6.45, 7) is 0.579. The van der Waals surface area contributed by atoms with Crippen molar-refractivity contribution in [2.75, 3.05) is 24.3 Å². The van der Waals surface area contributed by atoms with E-state index in [4.69, 9.17) is 9.47 Å². The average Bonchev–Trinajstić information content (AvgIpc) is 2.72. The van der Waals surface area contributed by atoms with Gasteiger partial charge in [0.25, 0.3) is 0 Å². The van der Waals surface area contributed by atoms with Gasteiger partial charge in [-0.1, -0.05) is 48.5 Å². The zero-order valence-corrected chi connectivity index (χ0v) is 15.1. The number of ether oxygens (including phenoxy) is 2. The predicted molar refractivity (Wildman–Crippen MR) is 107 cm³/mol. The summed E-state index contributed by atoms with van der Waals surface area (Å²) in [5.41, 5.74) is 2.53. The van der Waals surface area contributed by atoms with E-state index < -0.39 is 0 Å². The first-order valence-corrected chi connectivity index (χ1v) is 8.68. The number of benzene rings is 3. The number of para-hydroxylation sites is 2. The molecule has 0 aliphatic rings. The maximum atomic E-state index is 12.3. The molecule has 0 aromatic heterocycles. The molecular weight excluding hydrogens is 340 g/mol. The van der Waals surface area contributed by atoms with Crippen molar-refractivity contribution in [2.24, 2.45) is 0 Å². The lowest BCUT2D eigenvalue weighted by Gasteiger charge is -2.13. The minimum absolute atomic E-state index is 0.139. The van der Waals surface area contributed by atoms with Crippen LogP contribution in [0.2, 0.25) is 0 Å². The third-order valence-corrected chi connectivity index (χ3v) is 3.92. The summed E-state index contributed by atoms with van der Waals surface area (Å²) in [7, 11) is 1.61. The van der Waals surface area contributed by atoms with Gasteiger partial charge in [0.2, 0.25) is 5.91 Å². The second-order valence-electron chi connectivity index (χ2n) is 5.90. The molecule has 27 heavy (non-hydrogen) atoms. The van der Waals surface area contributed by atoms with Crippen LogP contribution < -0.4 is 20.1 Å². The summed E-state index contributed by atoms with van der Waals surface area (Å²) in [4.78, 5) is 12.3. The topological polar surface area (TPSA) is 59.6 Å². The maximum Gasteiger partial charge on any atom is 0.243 e. The van der Waals surface area contributed by atoms with Crippen LogP contribution in [0.4, 0.5) is 11.4 Å². The Morgan fingerprint density at radius 1 is 0.926 bits per heavy atom. The van der Waals surface area contributed by atoms with Gasteiger partial charge in [-0.2, -0.15) is 0 Å². The minimum Gasteiger partial charge on any atom is -0.497 e. The zero-order valence-electron chi connectivity index (χ0n) is 15.1. The van der Waals surface area contributed by atoms with E-state index in [1.807, 2.05) is 78.9 Å². The van der Waals surface area contributed by atoms with Crippen LogP contribution in [0.1, 0.15) is 5.56 Å². The van der Waals surface area contributed by atoms with Crippen LogP contribution >= 0.6 is 0 Å². The highest BCUT2D eigenvalue weighted by Crippen LogP contribution is 2.25. The predicted octanol–water partition coefficient (Wildman–Crippen LogP) is 4.32. The minimum atomic E-state index is -0.159. The first-order chi connectivity index (χ1) is 13.2. The molecule has 0 saturated heterocycles. The third kappa shape index (κ3) is 5.51. The third-order valence-electron chi connectivity index (χ3n) is 3.92. The van der Waals surface area contributed by atoms with E-state index in [9.17, 15) is 4.79 Å². The van der Waals surface area contributed by atoms with Gasteiger partial charge in [0.15, 0.2) is 0 Å². The summed E-state index contributed by atoms with van der Waals surface area (Å²) in [6, 6.07) is 24.7. The van der Waals surface area contributed by atoms with E-state index in [1.165, 1.54) is 0 Å². The molecule has 1 amide bonds. The van der Waals surface area contributed by atoms with Gasteiger partial charge < -0.3 is 20.1 Å². The smallest absolute Gasteiger partial charge is 0.243 e. The number of carbonyl (C=O) groups excluding carboxylic acids is 1. The van der Waals surface area contributed by atoms with Crippen LogP contribution in [-0.2, 0) is 11.4 Å². The van der Waals surface area contributed by atoms with Crippen LogP contribution in [0, 0.1) is 0 Å². The molecule has 0 aliphatic heterocycles. The van der Waals surface area contributed by atoms with Gasteiger partial charge in [0, 0.05) is 11.8 Å². The molecule has 3 aromatic rings. The number of carbonyl (C=O) groups is 1. The highest BCUT2D eigenvalue weighted by molar-refractivity contribution is 5.95. The normalized spacial score (nSPS) is 10.1. The molecule has 0 spiro atoms. The summed E-state index contributed by atoms with van der Waals surface area (Å²) < 4.78 is 11.0. The second kappa shape index (κ2) is 9.29. The van der Waals surface area contributed by atoms with Crippen LogP contribution in [0.25, 0.3) is 0 Å². The molecule has 2 N–H and O–H groups in total. The monoisotopic (exact) mass is 362 g/mol. The van der Waals surface area contributed by atoms with Crippen LogP contribution in [-0.4, -0.2) is 19.6 Å². The Hall–Kier alpha value is -3.47. The van der Waals surface area contributed by atoms with Crippen molar-refractivity contribution in [3.05, 3.63) is 84.4 Å². The molecule has 5 heteroatoms. The Bertz CT molecular complexity index is 881. The molecule has 138 valence electrons. The summed E-state index contributed by atoms with van der Waals surface area (Å²) in [5.74, 6) is 1.21. The lowest BCUT2D eigenvalue weighted by Crippen LogP contribution is -2.22. The summed E-state index contributed by atoms with van der Waals surface area (Å²) >= 11 is 0. The molecule has 0 radical (unpaired) electrons. The van der Waals surface area contributed by atoms with Crippen LogP contribution in [0.15, 0.2) is 78.9 Å². The number of hydrogen-bond donors (Lipinski definition) is 2. The van der Waals surface area contributed by atoms with Crippen molar-refractivity contribution >= 4 is 17.3 Å². The molecule has 0 bridgehead atoms. The average molecular weight is 362 g/mol. The van der Waals surface area contributed by atoms with Crippen molar-refractivity contribution in [1.82, 2.24) is 0 Å². The standard InChI is InChI=1S/C22H22N2O3/c1-26-19-11-7-10-18(14-19)23-15-22(25)24-20-12-5-6-13-21(20)27-16-17-8-3-2-4-9-17/h2-14,23H,15-16H2,1H3,(H,24,25). The molecule has 0 heterocycles. The fourth-order valence-electron chi connectivity index (χ4n) is 2.54. The Kier molecular flexibility index (Phi) is 6.30. The Balaban J connectivity index is 1.57. The lowest BCUT2D eigenvalue weighted by molar-refractivity contribution is -0.114. The van der Waals surface area contributed by atoms with Crippen molar-refractivity contribution in [1.29, 1.82) is 0 Å². The van der Waals surface area contributed by atoms with E-state index >= 15 is 0 Å². The number of anilines is 2. The largest absolute Gasteiger partial charge is 0.497 e. The highest BCUT2D eigenvalue weighted by Gasteiger charge is 2.08. The SMILES string of the molecule is COc1cccc(NCC(=O)Nc2ccccc2OCc2ccccc2)c1. The van der Waals surface area contributed by atoms with Crippen LogP contribution in [0.3, 0.4) is 0 Å². The first-order valence-electron chi connectivity index (χ1n) is 8.68. The van der Waals surface area contributed by atoms with Gasteiger partial charge in [0.1, 0.15) is 18.1 Å². The van der Waals surface area contributed by atoms with Crippen LogP contribution in [0.5, 0.6) is 11.5 Å². The zero-order chi connectivity index (χ0) is 18.9. The number of amides is 1. The number of methoxy groups -OCH3 is 1. The number of nitrogens with one attached hydrogen (secondary N) is 2. The van der Waals surface area contributed by atoms with E-state index in [2.05, 4.69) is 10.6 Å². The lowest BCUT2D eigenvalue weighted by atomic mass is 10.2. The van der Waals surface area contributed by atoms with Crippen molar-refractivity contribution in [3.8, 4) is 11.5 Å². The Morgan fingerprint density at radius 2 is 1.70 bits per heavy atom. The van der Waals surface area contributed by atoms with Gasteiger partial charge in [-0.3, -0.25) is 4.79 Å². The van der Waals surface area contributed by atoms with Gasteiger partial charge in [0.05, 0.1) is 19.3 Å². The van der Waals surface area contributed by atoms with E-state index in [0.29, 0.717) is 18.0 Å². The number of hydrogen-bond acceptors (Lipinski definition) is 4. The van der Waals surface area contributed by atoms with Gasteiger partial charge in [-0.25, -0.2) is 0 Å². The Labute approximate surface area is 158 Å². The van der Waals surface area contributed by atoms with Crippen molar-refractivity contribution in [3.63, 3.8) is 0 Å². The molecule has 5 nitrogen and oxygen atoms in total. The second-order valence-corrected chi connectivity index (χ2v) is 5.90. The van der Waals surface area contributed by atoms with E-state index in [-0.39, 0.29) is 12.5 Å². The van der Waals surface area contributed by atoms with Crippen molar-refractivity contribution < 1.29 is 14.3 Å². The van der Waals surface area contributed by atoms with E-state index in [0.717, 1.165) is 17.0 Å². The molecule has 3 aromatic carbocycles. The molecule has 0 fully saturated rings. The first kappa shape index (κ1) is 18.3. The quantitative estimate of drug-likeness (QED) is 0.626. The molecule has 0 atom stereocenters. The van der Waals surface area contributed by atoms with Crippen molar-refractivity contribution in [2.45, 2.75) is 6.61 Å². The van der Waals surface area contributed by atoms with Gasteiger partial charge >= 0.3 is 0 Å². The molecule has 0 unspecified atom stereocenters. The summed E-state index contributed by atoms with van der Waals surface area (Å²) in [5, 5.41) is 5.97. The van der Waals surface area contributed by atoms with Gasteiger partial charge in [-0.05, 0) is 29.8 Å². The van der Waals surface area contributed by atoms with E-state index in [1.54, 1.807) is 7.11 Å². The fraction of sp³-hybridized carbons (Fsp3) is 0.136.